The molecule has 0 saturated heterocycles. The summed E-state index contributed by atoms with van der Waals surface area (Å²) in [7, 11) is 0. The molecule has 1 amide bonds. The summed E-state index contributed by atoms with van der Waals surface area (Å²) in [6.07, 6.45) is 4.82. The van der Waals surface area contributed by atoms with E-state index in [4.69, 9.17) is 5.73 Å². The van der Waals surface area contributed by atoms with E-state index < -0.39 is 0 Å². The molecule has 3 rings (SSSR count). The first-order valence-electron chi connectivity index (χ1n) is 6.10. The van der Waals surface area contributed by atoms with E-state index >= 15 is 0 Å². The van der Waals surface area contributed by atoms with Crippen LogP contribution in [0, 0.1) is 0 Å². The molecule has 0 fully saturated rings. The highest BCUT2D eigenvalue weighted by Gasteiger charge is 2.13. The Morgan fingerprint density at radius 2 is 1.85 bits per heavy atom. The minimum Gasteiger partial charge on any atom is -0.398 e. The lowest BCUT2D eigenvalue weighted by Gasteiger charge is -2.08. The van der Waals surface area contributed by atoms with Gasteiger partial charge in [-0.25, -0.2) is 0 Å². The number of hydrogen-bond donors (Lipinski definition) is 2. The molecule has 0 spiro atoms. The van der Waals surface area contributed by atoms with Gasteiger partial charge in [-0.1, -0.05) is 12.1 Å². The SMILES string of the molecule is Nc1cccc2ccnc(C(=O)Nc3ccncc3)c12. The lowest BCUT2D eigenvalue weighted by molar-refractivity contribution is 0.102. The smallest absolute Gasteiger partial charge is 0.274 e. The summed E-state index contributed by atoms with van der Waals surface area (Å²) in [6.45, 7) is 0. The van der Waals surface area contributed by atoms with Crippen LogP contribution in [0.1, 0.15) is 10.5 Å². The predicted octanol–water partition coefficient (Wildman–Crippen LogP) is 2.46. The van der Waals surface area contributed by atoms with Gasteiger partial charge < -0.3 is 11.1 Å². The molecule has 2 aromatic heterocycles. The fraction of sp³-hybridized carbons (Fsp3) is 0. The molecule has 5 heteroatoms. The summed E-state index contributed by atoms with van der Waals surface area (Å²) in [6, 6.07) is 10.8. The van der Waals surface area contributed by atoms with E-state index in [9.17, 15) is 4.79 Å². The lowest BCUT2D eigenvalue weighted by atomic mass is 10.1. The molecule has 0 atom stereocenters. The van der Waals surface area contributed by atoms with Crippen molar-refractivity contribution in [1.82, 2.24) is 9.97 Å². The number of rotatable bonds is 2. The first-order chi connectivity index (χ1) is 9.75. The minimum absolute atomic E-state index is 0.292. The standard InChI is InChI=1S/C15H12N4O/c16-12-3-1-2-10-4-9-18-14(13(10)12)15(20)19-11-5-7-17-8-6-11/h1-9H,16H2,(H,17,19,20). The number of nitrogens with one attached hydrogen (secondary N) is 1. The van der Waals surface area contributed by atoms with Gasteiger partial charge in [0.25, 0.3) is 5.91 Å². The van der Waals surface area contributed by atoms with Crippen molar-refractivity contribution in [2.75, 3.05) is 11.1 Å². The van der Waals surface area contributed by atoms with Crippen molar-refractivity contribution >= 4 is 28.1 Å². The minimum atomic E-state index is -0.292. The Bertz CT molecular complexity index is 766. The molecular weight excluding hydrogens is 252 g/mol. The Balaban J connectivity index is 2.04. The molecule has 0 radical (unpaired) electrons. The van der Waals surface area contributed by atoms with E-state index in [1.165, 1.54) is 0 Å². The van der Waals surface area contributed by atoms with Gasteiger partial charge in [0.1, 0.15) is 5.69 Å². The van der Waals surface area contributed by atoms with Crippen LogP contribution < -0.4 is 11.1 Å². The molecule has 2 heterocycles. The van der Waals surface area contributed by atoms with E-state index in [1.807, 2.05) is 18.2 Å². The third-order valence-corrected chi connectivity index (χ3v) is 2.98. The maximum atomic E-state index is 12.3. The number of nitrogen functional groups attached to an aromatic ring is 1. The van der Waals surface area contributed by atoms with Crippen molar-refractivity contribution in [3.8, 4) is 0 Å². The van der Waals surface area contributed by atoms with Crippen molar-refractivity contribution < 1.29 is 4.79 Å². The van der Waals surface area contributed by atoms with Gasteiger partial charge in [-0.2, -0.15) is 0 Å². The van der Waals surface area contributed by atoms with Gasteiger partial charge in [0.05, 0.1) is 0 Å². The highest BCUT2D eigenvalue weighted by atomic mass is 16.1. The summed E-state index contributed by atoms with van der Waals surface area (Å²) in [4.78, 5) is 20.4. The topological polar surface area (TPSA) is 80.9 Å². The fourth-order valence-corrected chi connectivity index (χ4v) is 2.06. The summed E-state index contributed by atoms with van der Waals surface area (Å²) >= 11 is 0. The van der Waals surface area contributed by atoms with Gasteiger partial charge in [0, 0.05) is 35.4 Å². The zero-order valence-electron chi connectivity index (χ0n) is 10.6. The molecule has 0 unspecified atom stereocenters. The molecule has 1 aromatic carbocycles. The Morgan fingerprint density at radius 3 is 2.65 bits per heavy atom. The van der Waals surface area contributed by atoms with Crippen LogP contribution in [0.2, 0.25) is 0 Å². The van der Waals surface area contributed by atoms with Crippen molar-refractivity contribution in [2.24, 2.45) is 0 Å². The number of nitrogens with two attached hydrogens (primary N) is 1. The van der Waals surface area contributed by atoms with E-state index in [0.717, 1.165) is 5.39 Å². The Kier molecular flexibility index (Phi) is 3.01. The molecule has 20 heavy (non-hydrogen) atoms. The molecule has 0 aliphatic heterocycles. The van der Waals surface area contributed by atoms with Gasteiger partial charge in [0.2, 0.25) is 0 Å². The Hall–Kier alpha value is -2.95. The van der Waals surface area contributed by atoms with E-state index in [2.05, 4.69) is 15.3 Å². The van der Waals surface area contributed by atoms with Crippen molar-refractivity contribution in [1.29, 1.82) is 0 Å². The first kappa shape index (κ1) is 12.1. The van der Waals surface area contributed by atoms with Gasteiger partial charge in [-0.15, -0.1) is 0 Å². The summed E-state index contributed by atoms with van der Waals surface area (Å²) in [5.41, 5.74) is 7.48. The number of pyridine rings is 2. The maximum Gasteiger partial charge on any atom is 0.274 e. The van der Waals surface area contributed by atoms with Gasteiger partial charge in [-0.05, 0) is 29.7 Å². The second-order valence-corrected chi connectivity index (χ2v) is 4.29. The third kappa shape index (κ3) is 2.16. The molecule has 0 aliphatic carbocycles. The molecule has 0 bridgehead atoms. The van der Waals surface area contributed by atoms with Gasteiger partial charge in [-0.3, -0.25) is 14.8 Å². The number of benzene rings is 1. The number of nitrogens with zero attached hydrogens (tertiary/aromatic N) is 2. The summed E-state index contributed by atoms with van der Waals surface area (Å²) < 4.78 is 0. The number of fused-ring (bicyclic) bond motifs is 1. The number of amides is 1. The van der Waals surface area contributed by atoms with Crippen LogP contribution in [-0.4, -0.2) is 15.9 Å². The highest BCUT2D eigenvalue weighted by molar-refractivity contribution is 6.14. The largest absolute Gasteiger partial charge is 0.398 e. The zero-order valence-corrected chi connectivity index (χ0v) is 10.6. The van der Waals surface area contributed by atoms with Crippen LogP contribution in [0.25, 0.3) is 10.8 Å². The molecule has 0 saturated carbocycles. The van der Waals surface area contributed by atoms with Crippen LogP contribution in [0.5, 0.6) is 0 Å². The van der Waals surface area contributed by atoms with Crippen molar-refractivity contribution in [3.05, 3.63) is 60.7 Å². The van der Waals surface area contributed by atoms with Crippen LogP contribution in [-0.2, 0) is 0 Å². The number of hydrogen-bond acceptors (Lipinski definition) is 4. The molecule has 3 aromatic rings. The molecule has 98 valence electrons. The molecule has 3 N–H and O–H groups in total. The summed E-state index contributed by atoms with van der Waals surface area (Å²) in [5.74, 6) is -0.292. The zero-order chi connectivity index (χ0) is 13.9. The third-order valence-electron chi connectivity index (χ3n) is 2.98. The van der Waals surface area contributed by atoms with E-state index in [0.29, 0.717) is 22.5 Å². The lowest BCUT2D eigenvalue weighted by Crippen LogP contribution is -2.14. The van der Waals surface area contributed by atoms with E-state index in [1.54, 1.807) is 36.8 Å². The average molecular weight is 264 g/mol. The van der Waals surface area contributed by atoms with Crippen LogP contribution in [0.3, 0.4) is 0 Å². The first-order valence-corrected chi connectivity index (χ1v) is 6.10. The number of carbonyl (C=O) groups is 1. The highest BCUT2D eigenvalue weighted by Crippen LogP contribution is 2.23. The molecule has 0 aliphatic rings. The van der Waals surface area contributed by atoms with Crippen LogP contribution in [0.4, 0.5) is 11.4 Å². The quantitative estimate of drug-likeness (QED) is 0.697. The number of carbonyl (C=O) groups excluding carboxylic acids is 1. The predicted molar refractivity (Wildman–Crippen MR) is 78.3 cm³/mol. The van der Waals surface area contributed by atoms with Crippen LogP contribution in [0.15, 0.2) is 55.0 Å². The number of anilines is 2. The second kappa shape index (κ2) is 4.97. The Morgan fingerprint density at radius 1 is 1.05 bits per heavy atom. The van der Waals surface area contributed by atoms with Gasteiger partial charge >= 0.3 is 0 Å². The summed E-state index contributed by atoms with van der Waals surface area (Å²) in [5, 5.41) is 4.34. The number of aromatic nitrogens is 2. The van der Waals surface area contributed by atoms with Crippen molar-refractivity contribution in [3.63, 3.8) is 0 Å². The maximum absolute atomic E-state index is 12.3. The van der Waals surface area contributed by atoms with E-state index in [-0.39, 0.29) is 5.91 Å². The molecule has 5 nitrogen and oxygen atoms in total. The average Bonchev–Trinajstić information content (AvgIpc) is 2.48. The Labute approximate surface area is 115 Å². The monoisotopic (exact) mass is 264 g/mol. The van der Waals surface area contributed by atoms with Crippen LogP contribution >= 0.6 is 0 Å². The van der Waals surface area contributed by atoms with Gasteiger partial charge in [0.15, 0.2) is 0 Å². The molecular formula is C15H12N4O. The normalized spacial score (nSPS) is 10.4. The van der Waals surface area contributed by atoms with Crippen molar-refractivity contribution in [2.45, 2.75) is 0 Å². The fourth-order valence-electron chi connectivity index (χ4n) is 2.06. The second-order valence-electron chi connectivity index (χ2n) is 4.29.